The van der Waals surface area contributed by atoms with Gasteiger partial charge >= 0.3 is 12.1 Å². The van der Waals surface area contributed by atoms with E-state index in [9.17, 15) is 9.59 Å². The van der Waals surface area contributed by atoms with Gasteiger partial charge < -0.3 is 13.9 Å². The van der Waals surface area contributed by atoms with E-state index in [1.165, 1.54) is 14.2 Å². The Balaban J connectivity index is 1.92. The minimum Gasteiger partial charge on any atom is -0.465 e. The minimum atomic E-state index is -0.526. The van der Waals surface area contributed by atoms with Crippen molar-refractivity contribution in [3.63, 3.8) is 0 Å². The molecule has 1 atom stereocenters. The molecule has 0 spiro atoms. The summed E-state index contributed by atoms with van der Waals surface area (Å²) in [5.74, 6) is -0.437. The molecule has 5 rings (SSSR count). The van der Waals surface area contributed by atoms with Crippen molar-refractivity contribution in [3.05, 3.63) is 108 Å². The largest absolute Gasteiger partial charge is 0.465 e. The Hall–Kier alpha value is -4.32. The van der Waals surface area contributed by atoms with Gasteiger partial charge in [0, 0.05) is 18.0 Å². The van der Waals surface area contributed by atoms with Gasteiger partial charge in [-0.25, -0.2) is 9.59 Å². The summed E-state index contributed by atoms with van der Waals surface area (Å²) in [6.07, 6.45) is 5.03. The van der Waals surface area contributed by atoms with E-state index in [0.29, 0.717) is 11.1 Å². The zero-order chi connectivity index (χ0) is 22.9. The first-order chi connectivity index (χ1) is 16.2. The third-order valence-corrected chi connectivity index (χ3v) is 5.96. The summed E-state index contributed by atoms with van der Waals surface area (Å²) in [6.45, 7) is 0. The Bertz CT molecular complexity index is 1390. The van der Waals surface area contributed by atoms with E-state index < -0.39 is 18.1 Å². The van der Waals surface area contributed by atoms with Crippen molar-refractivity contribution >= 4 is 23.7 Å². The fourth-order valence-electron chi connectivity index (χ4n) is 4.57. The number of carbonyl (C=O) groups excluding carboxylic acids is 2. The van der Waals surface area contributed by atoms with Crippen LogP contribution in [0.5, 0.6) is 0 Å². The molecule has 1 aliphatic rings. The maximum atomic E-state index is 13.1. The highest BCUT2D eigenvalue weighted by molar-refractivity contribution is 6.06. The van der Waals surface area contributed by atoms with Crippen LogP contribution in [-0.2, 0) is 9.47 Å². The average Bonchev–Trinajstić information content (AvgIpc) is 3.22. The summed E-state index contributed by atoms with van der Waals surface area (Å²) in [5, 5.41) is 0. The molecule has 1 amide bonds. The summed E-state index contributed by atoms with van der Waals surface area (Å²) in [5.41, 5.74) is 5.44. The van der Waals surface area contributed by atoms with Crippen molar-refractivity contribution in [1.82, 2.24) is 9.30 Å². The van der Waals surface area contributed by atoms with Crippen LogP contribution in [0, 0.1) is 0 Å². The second kappa shape index (κ2) is 8.31. The third kappa shape index (κ3) is 3.27. The van der Waals surface area contributed by atoms with Gasteiger partial charge in [-0.15, -0.1) is 0 Å². The van der Waals surface area contributed by atoms with Crippen LogP contribution in [0.15, 0.2) is 85.2 Å². The van der Waals surface area contributed by atoms with E-state index in [-0.39, 0.29) is 0 Å². The summed E-state index contributed by atoms with van der Waals surface area (Å²) in [7, 11) is 2.74. The molecular formula is C27H22N2O4. The molecule has 0 saturated heterocycles. The van der Waals surface area contributed by atoms with E-state index in [1.807, 2.05) is 89.5 Å². The molecule has 2 aromatic heterocycles. The number of hydrogen-bond donors (Lipinski definition) is 0. The standard InChI is InChI=1S/C27H22N2O4/c1-32-26(30)23-21-14-8-9-16-28(21)25(22(23)19-11-4-3-5-12-19)24-20-13-7-6-10-18(20)15-17-29(24)27(31)33-2/h3-17,24H,1-2H3/t24-/m1/s1. The number of benzene rings is 2. The molecule has 2 aromatic carbocycles. The van der Waals surface area contributed by atoms with Crippen LogP contribution in [0.4, 0.5) is 4.79 Å². The van der Waals surface area contributed by atoms with Crippen LogP contribution in [0.3, 0.4) is 0 Å². The van der Waals surface area contributed by atoms with Gasteiger partial charge in [-0.05, 0) is 34.9 Å². The molecule has 0 bridgehead atoms. The van der Waals surface area contributed by atoms with Crippen LogP contribution in [0.1, 0.15) is 33.2 Å². The first-order valence-corrected chi connectivity index (χ1v) is 10.6. The highest BCUT2D eigenvalue weighted by Gasteiger charge is 2.37. The second-order valence-corrected chi connectivity index (χ2v) is 7.67. The first kappa shape index (κ1) is 20.6. The van der Waals surface area contributed by atoms with E-state index in [4.69, 9.17) is 9.47 Å². The molecule has 0 aliphatic carbocycles. The number of ether oxygens (including phenoxy) is 2. The summed E-state index contributed by atoms with van der Waals surface area (Å²) in [4.78, 5) is 27.5. The number of fused-ring (bicyclic) bond motifs is 2. The Morgan fingerprint density at radius 1 is 0.848 bits per heavy atom. The fraction of sp³-hybridized carbons (Fsp3) is 0.111. The molecule has 0 unspecified atom stereocenters. The highest BCUT2D eigenvalue weighted by atomic mass is 16.5. The van der Waals surface area contributed by atoms with Gasteiger partial charge in [0.2, 0.25) is 0 Å². The van der Waals surface area contributed by atoms with Gasteiger partial charge in [-0.1, -0.05) is 60.7 Å². The number of esters is 1. The number of rotatable bonds is 3. The number of amides is 1. The van der Waals surface area contributed by atoms with Crippen molar-refractivity contribution in [2.45, 2.75) is 6.04 Å². The molecule has 0 radical (unpaired) electrons. The lowest BCUT2D eigenvalue weighted by Crippen LogP contribution is -2.34. The SMILES string of the molecule is COC(=O)c1c(-c2ccccc2)c([C@H]2c3ccccc3C=CN2C(=O)OC)n2ccccc12. The molecule has 6 heteroatoms. The molecular weight excluding hydrogens is 416 g/mol. The summed E-state index contributed by atoms with van der Waals surface area (Å²) >= 11 is 0. The van der Waals surface area contributed by atoms with Crippen LogP contribution in [0.25, 0.3) is 22.7 Å². The monoisotopic (exact) mass is 438 g/mol. The van der Waals surface area contributed by atoms with E-state index in [2.05, 4.69) is 0 Å². The first-order valence-electron chi connectivity index (χ1n) is 10.6. The van der Waals surface area contributed by atoms with Crippen LogP contribution < -0.4 is 0 Å². The van der Waals surface area contributed by atoms with Crippen LogP contribution in [0.2, 0.25) is 0 Å². The fourth-order valence-corrected chi connectivity index (χ4v) is 4.57. The smallest absolute Gasteiger partial charge is 0.414 e. The lowest BCUT2D eigenvalue weighted by atomic mass is 9.89. The lowest BCUT2D eigenvalue weighted by molar-refractivity contribution is 0.0604. The molecule has 6 nitrogen and oxygen atoms in total. The molecule has 4 aromatic rings. The van der Waals surface area contributed by atoms with Crippen LogP contribution in [-0.4, -0.2) is 35.6 Å². The zero-order valence-corrected chi connectivity index (χ0v) is 18.3. The van der Waals surface area contributed by atoms with Crippen molar-refractivity contribution < 1.29 is 19.1 Å². The predicted molar refractivity (Wildman–Crippen MR) is 126 cm³/mol. The number of aromatic nitrogens is 1. The topological polar surface area (TPSA) is 60.2 Å². The second-order valence-electron chi connectivity index (χ2n) is 7.67. The van der Waals surface area contributed by atoms with Gasteiger partial charge in [0.05, 0.1) is 31.0 Å². The summed E-state index contributed by atoms with van der Waals surface area (Å²) in [6, 6.07) is 22.7. The highest BCUT2D eigenvalue weighted by Crippen LogP contribution is 2.44. The Morgan fingerprint density at radius 2 is 1.58 bits per heavy atom. The van der Waals surface area contributed by atoms with Gasteiger partial charge in [0.1, 0.15) is 6.04 Å². The quantitative estimate of drug-likeness (QED) is 0.394. The van der Waals surface area contributed by atoms with E-state index >= 15 is 0 Å². The number of methoxy groups -OCH3 is 2. The maximum Gasteiger partial charge on any atom is 0.414 e. The molecule has 3 heterocycles. The Kier molecular flexibility index (Phi) is 5.18. The van der Waals surface area contributed by atoms with Crippen molar-refractivity contribution in [3.8, 4) is 11.1 Å². The third-order valence-electron chi connectivity index (χ3n) is 5.96. The zero-order valence-electron chi connectivity index (χ0n) is 18.3. The molecule has 1 aliphatic heterocycles. The van der Waals surface area contributed by atoms with Gasteiger partial charge in [-0.3, -0.25) is 4.90 Å². The molecule has 0 N–H and O–H groups in total. The minimum absolute atomic E-state index is 0.437. The van der Waals surface area contributed by atoms with E-state index in [1.54, 1.807) is 11.1 Å². The Labute approximate surface area is 191 Å². The number of carbonyl (C=O) groups is 2. The van der Waals surface area contributed by atoms with Crippen molar-refractivity contribution in [2.75, 3.05) is 14.2 Å². The number of pyridine rings is 1. The molecule has 33 heavy (non-hydrogen) atoms. The van der Waals surface area contributed by atoms with Gasteiger partial charge in [0.25, 0.3) is 0 Å². The van der Waals surface area contributed by atoms with Gasteiger partial charge in [0.15, 0.2) is 0 Å². The molecule has 164 valence electrons. The maximum absolute atomic E-state index is 13.1. The molecule has 0 fully saturated rings. The van der Waals surface area contributed by atoms with Crippen molar-refractivity contribution in [2.24, 2.45) is 0 Å². The number of hydrogen-bond acceptors (Lipinski definition) is 4. The normalized spacial score (nSPS) is 14.7. The lowest BCUT2D eigenvalue weighted by Gasteiger charge is -2.33. The van der Waals surface area contributed by atoms with Crippen molar-refractivity contribution in [1.29, 1.82) is 0 Å². The van der Waals surface area contributed by atoms with E-state index in [0.717, 1.165) is 27.9 Å². The van der Waals surface area contributed by atoms with Crippen LogP contribution >= 0.6 is 0 Å². The average molecular weight is 438 g/mol. The van der Waals surface area contributed by atoms with Gasteiger partial charge in [-0.2, -0.15) is 0 Å². The number of nitrogens with zero attached hydrogens (tertiary/aromatic N) is 2. The Morgan fingerprint density at radius 3 is 2.33 bits per heavy atom. The summed E-state index contributed by atoms with van der Waals surface area (Å²) < 4.78 is 12.3. The predicted octanol–water partition coefficient (Wildman–Crippen LogP) is 5.54. The molecule has 0 saturated carbocycles.